The van der Waals surface area contributed by atoms with Crippen molar-refractivity contribution in [1.82, 2.24) is 0 Å². The van der Waals surface area contributed by atoms with E-state index in [1.165, 1.54) is 57.4 Å². The third-order valence-corrected chi connectivity index (χ3v) is 4.75. The molecule has 0 heterocycles. The summed E-state index contributed by atoms with van der Waals surface area (Å²) >= 11 is 0. The molecule has 0 aromatic heterocycles. The topological polar surface area (TPSA) is 52.6 Å². The molecule has 4 heteroatoms. The van der Waals surface area contributed by atoms with Gasteiger partial charge in [0.05, 0.1) is 13.2 Å². The van der Waals surface area contributed by atoms with Crippen molar-refractivity contribution in [1.29, 1.82) is 0 Å². The molecule has 4 nitrogen and oxygen atoms in total. The standard InChI is InChI=1S/C14H26O2.C11H20O2/c1-4-5-6-7-8-9-10-11-12-16-14(15)13(2)3;1-4-7-8-10(5-2)9-13-11(12)6-3/h2,4-12H2,1,3H3;6,10H,3-5,7-9H2,1-2H3. The number of hydrogen-bond donors (Lipinski definition) is 0. The summed E-state index contributed by atoms with van der Waals surface area (Å²) in [4.78, 5) is 21.8. The van der Waals surface area contributed by atoms with Gasteiger partial charge in [-0.1, -0.05) is 98.1 Å². The highest BCUT2D eigenvalue weighted by atomic mass is 16.5. The van der Waals surface area contributed by atoms with Gasteiger partial charge in [0.25, 0.3) is 0 Å². The molecule has 0 saturated heterocycles. The maximum Gasteiger partial charge on any atom is 0.333 e. The van der Waals surface area contributed by atoms with Crippen LogP contribution in [0.5, 0.6) is 0 Å². The third kappa shape index (κ3) is 22.6. The van der Waals surface area contributed by atoms with E-state index < -0.39 is 0 Å². The van der Waals surface area contributed by atoms with Crippen LogP contribution in [0.2, 0.25) is 0 Å². The van der Waals surface area contributed by atoms with Crippen molar-refractivity contribution in [3.8, 4) is 0 Å². The normalized spacial score (nSPS) is 11.0. The monoisotopic (exact) mass is 410 g/mol. The number of unbranched alkanes of at least 4 members (excludes halogenated alkanes) is 8. The van der Waals surface area contributed by atoms with Gasteiger partial charge in [0.1, 0.15) is 0 Å². The molecular formula is C25H46O4. The van der Waals surface area contributed by atoms with Gasteiger partial charge < -0.3 is 9.47 Å². The van der Waals surface area contributed by atoms with Gasteiger partial charge in [0, 0.05) is 11.6 Å². The maximum atomic E-state index is 11.0. The Balaban J connectivity index is 0. The Morgan fingerprint density at radius 3 is 1.90 bits per heavy atom. The van der Waals surface area contributed by atoms with Crippen LogP contribution in [0.15, 0.2) is 24.8 Å². The van der Waals surface area contributed by atoms with E-state index in [9.17, 15) is 9.59 Å². The lowest BCUT2D eigenvalue weighted by Crippen LogP contribution is -2.12. The van der Waals surface area contributed by atoms with Crippen molar-refractivity contribution in [2.75, 3.05) is 13.2 Å². The van der Waals surface area contributed by atoms with E-state index in [2.05, 4.69) is 33.9 Å². The zero-order valence-corrected chi connectivity index (χ0v) is 19.6. The molecule has 0 rings (SSSR count). The maximum absolute atomic E-state index is 11.0. The largest absolute Gasteiger partial charge is 0.462 e. The van der Waals surface area contributed by atoms with Crippen molar-refractivity contribution >= 4 is 11.9 Å². The van der Waals surface area contributed by atoms with Gasteiger partial charge >= 0.3 is 11.9 Å². The molecule has 0 aliphatic carbocycles. The molecule has 0 saturated carbocycles. The van der Waals surface area contributed by atoms with E-state index in [0.29, 0.717) is 24.7 Å². The zero-order chi connectivity index (χ0) is 22.3. The molecule has 0 aliphatic rings. The summed E-state index contributed by atoms with van der Waals surface area (Å²) < 4.78 is 9.99. The summed E-state index contributed by atoms with van der Waals surface area (Å²) in [5.74, 6) is -0.0539. The van der Waals surface area contributed by atoms with Gasteiger partial charge in [-0.3, -0.25) is 0 Å². The predicted octanol–water partition coefficient (Wildman–Crippen LogP) is 7.18. The second-order valence-electron chi connectivity index (χ2n) is 7.64. The van der Waals surface area contributed by atoms with E-state index in [-0.39, 0.29) is 11.9 Å². The van der Waals surface area contributed by atoms with Crippen LogP contribution in [0, 0.1) is 5.92 Å². The average molecular weight is 411 g/mol. The highest BCUT2D eigenvalue weighted by molar-refractivity contribution is 5.86. The summed E-state index contributed by atoms with van der Waals surface area (Å²) in [6.45, 7) is 16.2. The summed E-state index contributed by atoms with van der Waals surface area (Å²) in [6.07, 6.45) is 15.9. The lowest BCUT2D eigenvalue weighted by Gasteiger charge is -2.13. The third-order valence-electron chi connectivity index (χ3n) is 4.75. The van der Waals surface area contributed by atoms with Crippen LogP contribution in [0.1, 0.15) is 105 Å². The van der Waals surface area contributed by atoms with Crippen molar-refractivity contribution < 1.29 is 19.1 Å². The van der Waals surface area contributed by atoms with Crippen LogP contribution in [0.3, 0.4) is 0 Å². The summed E-state index contributed by atoms with van der Waals surface area (Å²) in [6, 6.07) is 0. The Labute approximate surface area is 180 Å². The molecule has 0 aliphatic heterocycles. The summed E-state index contributed by atoms with van der Waals surface area (Å²) in [7, 11) is 0. The molecule has 170 valence electrons. The SMILES string of the molecule is C=C(C)C(=O)OCCCCCCCCCC.C=CC(=O)OCC(CC)CCCC. The fourth-order valence-electron chi connectivity index (χ4n) is 2.68. The van der Waals surface area contributed by atoms with Crippen molar-refractivity contribution in [3.05, 3.63) is 24.8 Å². The highest BCUT2D eigenvalue weighted by Crippen LogP contribution is 2.12. The number of ether oxygens (including phenoxy) is 2. The summed E-state index contributed by atoms with van der Waals surface area (Å²) in [5, 5.41) is 0. The first-order chi connectivity index (χ1) is 13.9. The number of esters is 2. The van der Waals surface area contributed by atoms with Crippen LogP contribution in [-0.4, -0.2) is 25.2 Å². The lowest BCUT2D eigenvalue weighted by atomic mass is 10.0. The first kappa shape index (κ1) is 29.6. The fourth-order valence-corrected chi connectivity index (χ4v) is 2.68. The predicted molar refractivity (Wildman–Crippen MR) is 123 cm³/mol. The van der Waals surface area contributed by atoms with Crippen LogP contribution < -0.4 is 0 Å². The molecule has 1 unspecified atom stereocenters. The van der Waals surface area contributed by atoms with Crippen LogP contribution in [0.4, 0.5) is 0 Å². The smallest absolute Gasteiger partial charge is 0.333 e. The van der Waals surface area contributed by atoms with Crippen molar-refractivity contribution in [2.24, 2.45) is 5.92 Å². The zero-order valence-electron chi connectivity index (χ0n) is 19.6. The van der Waals surface area contributed by atoms with Gasteiger partial charge in [-0.05, 0) is 25.7 Å². The highest BCUT2D eigenvalue weighted by Gasteiger charge is 2.07. The molecule has 1 atom stereocenters. The number of hydrogen-bond acceptors (Lipinski definition) is 4. The quantitative estimate of drug-likeness (QED) is 0.145. The molecule has 0 aromatic carbocycles. The van der Waals surface area contributed by atoms with Crippen LogP contribution in [0.25, 0.3) is 0 Å². The van der Waals surface area contributed by atoms with Gasteiger partial charge in [-0.15, -0.1) is 0 Å². The van der Waals surface area contributed by atoms with Gasteiger partial charge in [-0.25, -0.2) is 9.59 Å². The first-order valence-electron chi connectivity index (χ1n) is 11.5. The molecule has 0 aromatic rings. The fraction of sp³-hybridized carbons (Fsp3) is 0.760. The molecule has 0 amide bonds. The Hall–Kier alpha value is -1.58. The number of carbonyl (C=O) groups is 2. The molecule has 0 radical (unpaired) electrons. The van der Waals surface area contributed by atoms with Crippen LogP contribution in [-0.2, 0) is 19.1 Å². The van der Waals surface area contributed by atoms with E-state index in [1.807, 2.05) is 0 Å². The first-order valence-corrected chi connectivity index (χ1v) is 11.5. The number of rotatable bonds is 17. The molecule has 0 N–H and O–H groups in total. The minimum absolute atomic E-state index is 0.261. The second kappa shape index (κ2) is 22.7. The second-order valence-corrected chi connectivity index (χ2v) is 7.64. The molecule has 29 heavy (non-hydrogen) atoms. The van der Waals surface area contributed by atoms with E-state index in [0.717, 1.165) is 25.7 Å². The molecule has 0 bridgehead atoms. The Kier molecular flexibility index (Phi) is 23.2. The molecular weight excluding hydrogens is 364 g/mol. The minimum atomic E-state index is -0.310. The van der Waals surface area contributed by atoms with Crippen LogP contribution >= 0.6 is 0 Å². The summed E-state index contributed by atoms with van der Waals surface area (Å²) in [5.41, 5.74) is 0.486. The minimum Gasteiger partial charge on any atom is -0.462 e. The van der Waals surface area contributed by atoms with E-state index >= 15 is 0 Å². The molecule has 0 spiro atoms. The Bertz CT molecular complexity index is 429. The van der Waals surface area contributed by atoms with Gasteiger partial charge in [0.2, 0.25) is 0 Å². The Morgan fingerprint density at radius 1 is 0.862 bits per heavy atom. The van der Waals surface area contributed by atoms with Gasteiger partial charge in [-0.2, -0.15) is 0 Å². The van der Waals surface area contributed by atoms with Gasteiger partial charge in [0.15, 0.2) is 0 Å². The van der Waals surface area contributed by atoms with E-state index in [1.54, 1.807) is 6.92 Å². The molecule has 0 fully saturated rings. The van der Waals surface area contributed by atoms with Crippen molar-refractivity contribution in [3.63, 3.8) is 0 Å². The van der Waals surface area contributed by atoms with E-state index in [4.69, 9.17) is 9.47 Å². The number of carbonyl (C=O) groups excluding carboxylic acids is 2. The lowest BCUT2D eigenvalue weighted by molar-refractivity contribution is -0.140. The average Bonchev–Trinajstić information content (AvgIpc) is 2.72. The Morgan fingerprint density at radius 2 is 1.41 bits per heavy atom. The van der Waals surface area contributed by atoms with Crippen molar-refractivity contribution in [2.45, 2.75) is 105 Å².